The van der Waals surface area contributed by atoms with Gasteiger partial charge in [-0.15, -0.1) is 0 Å². The molecule has 4 rings (SSSR count). The standard InChI is InChI=1S/C24H28N4O4S/c1-2-3-6-17-28-24(30)21-10-5-4-9-20(21)22(26-28)23(29)25-18-11-13-19(14-12-18)33(31,32)27-15-7-8-16-27/h4-5,9-14H,2-3,6-8,15-17H2,1H3,(H,25,29). The zero-order valence-corrected chi connectivity index (χ0v) is 19.5. The summed E-state index contributed by atoms with van der Waals surface area (Å²) >= 11 is 0. The summed E-state index contributed by atoms with van der Waals surface area (Å²) in [5, 5.41) is 8.09. The van der Waals surface area contributed by atoms with Crippen LogP contribution in [0.3, 0.4) is 0 Å². The predicted octanol–water partition coefficient (Wildman–Crippen LogP) is 3.62. The summed E-state index contributed by atoms with van der Waals surface area (Å²) in [6.07, 6.45) is 4.52. The number of carbonyl (C=O) groups excluding carboxylic acids is 1. The van der Waals surface area contributed by atoms with Gasteiger partial charge in [-0.05, 0) is 49.6 Å². The van der Waals surface area contributed by atoms with E-state index in [1.54, 1.807) is 36.4 Å². The van der Waals surface area contributed by atoms with E-state index < -0.39 is 15.9 Å². The van der Waals surface area contributed by atoms with Crippen LogP contribution in [0.4, 0.5) is 5.69 Å². The lowest BCUT2D eigenvalue weighted by Crippen LogP contribution is -2.28. The van der Waals surface area contributed by atoms with Gasteiger partial charge in [0.1, 0.15) is 0 Å². The van der Waals surface area contributed by atoms with Crippen molar-refractivity contribution in [1.29, 1.82) is 0 Å². The molecule has 9 heteroatoms. The number of amides is 1. The maximum absolute atomic E-state index is 13.1. The van der Waals surface area contributed by atoms with Crippen molar-refractivity contribution < 1.29 is 13.2 Å². The smallest absolute Gasteiger partial charge is 0.276 e. The van der Waals surface area contributed by atoms with Gasteiger partial charge in [0.05, 0.1) is 10.3 Å². The van der Waals surface area contributed by atoms with Crippen LogP contribution in [0.25, 0.3) is 10.8 Å². The molecule has 0 spiro atoms. The number of unbranched alkanes of at least 4 members (excludes halogenated alkanes) is 2. The lowest BCUT2D eigenvalue weighted by molar-refractivity contribution is 0.102. The topological polar surface area (TPSA) is 101 Å². The van der Waals surface area contributed by atoms with Crippen molar-refractivity contribution in [2.45, 2.75) is 50.5 Å². The van der Waals surface area contributed by atoms with Gasteiger partial charge in [0.25, 0.3) is 11.5 Å². The van der Waals surface area contributed by atoms with E-state index in [-0.39, 0.29) is 16.1 Å². The molecular formula is C24H28N4O4S. The van der Waals surface area contributed by atoms with Gasteiger partial charge in [-0.3, -0.25) is 9.59 Å². The summed E-state index contributed by atoms with van der Waals surface area (Å²) in [6, 6.07) is 13.1. The van der Waals surface area contributed by atoms with Crippen LogP contribution in [0, 0.1) is 0 Å². The highest BCUT2D eigenvalue weighted by molar-refractivity contribution is 7.89. The molecule has 1 fully saturated rings. The lowest BCUT2D eigenvalue weighted by atomic mass is 10.1. The summed E-state index contributed by atoms with van der Waals surface area (Å²) in [6.45, 7) is 3.60. The molecule has 1 aromatic heterocycles. The molecule has 1 amide bonds. The second-order valence-corrected chi connectivity index (χ2v) is 10.2. The molecule has 2 aromatic carbocycles. The van der Waals surface area contributed by atoms with Gasteiger partial charge in [-0.25, -0.2) is 13.1 Å². The summed E-state index contributed by atoms with van der Waals surface area (Å²) < 4.78 is 28.3. The summed E-state index contributed by atoms with van der Waals surface area (Å²) in [5.74, 6) is -0.453. The highest BCUT2D eigenvalue weighted by Gasteiger charge is 2.27. The number of carbonyl (C=O) groups is 1. The van der Waals surface area contributed by atoms with Gasteiger partial charge < -0.3 is 5.32 Å². The molecule has 33 heavy (non-hydrogen) atoms. The number of hydrogen-bond donors (Lipinski definition) is 1. The molecule has 0 radical (unpaired) electrons. The average molecular weight is 469 g/mol. The summed E-state index contributed by atoms with van der Waals surface area (Å²) in [7, 11) is -3.52. The predicted molar refractivity (Wildman–Crippen MR) is 128 cm³/mol. The molecular weight excluding hydrogens is 440 g/mol. The zero-order chi connectivity index (χ0) is 23.4. The number of aromatic nitrogens is 2. The highest BCUT2D eigenvalue weighted by atomic mass is 32.2. The van der Waals surface area contributed by atoms with E-state index in [0.29, 0.717) is 36.1 Å². The van der Waals surface area contributed by atoms with E-state index in [2.05, 4.69) is 17.3 Å². The number of sulfonamides is 1. The molecule has 0 atom stereocenters. The van der Waals surface area contributed by atoms with Crippen molar-refractivity contribution in [3.63, 3.8) is 0 Å². The number of rotatable bonds is 8. The monoisotopic (exact) mass is 468 g/mol. The first-order chi connectivity index (χ1) is 15.9. The highest BCUT2D eigenvalue weighted by Crippen LogP contribution is 2.23. The largest absolute Gasteiger partial charge is 0.321 e. The second-order valence-electron chi connectivity index (χ2n) is 8.22. The first kappa shape index (κ1) is 23.1. The average Bonchev–Trinajstić information content (AvgIpc) is 3.37. The van der Waals surface area contributed by atoms with E-state index in [0.717, 1.165) is 32.1 Å². The van der Waals surface area contributed by atoms with E-state index in [1.807, 2.05) is 0 Å². The third-order valence-corrected chi connectivity index (χ3v) is 7.78. The normalized spacial score (nSPS) is 14.6. The van der Waals surface area contributed by atoms with E-state index >= 15 is 0 Å². The number of nitrogens with zero attached hydrogens (tertiary/aromatic N) is 3. The Morgan fingerprint density at radius 1 is 1.00 bits per heavy atom. The molecule has 2 heterocycles. The number of benzene rings is 2. The Morgan fingerprint density at radius 3 is 2.33 bits per heavy atom. The number of aryl methyl sites for hydroxylation is 1. The number of anilines is 1. The molecule has 1 aliphatic heterocycles. The Kier molecular flexibility index (Phi) is 6.90. The van der Waals surface area contributed by atoms with Crippen LogP contribution in [0.1, 0.15) is 49.5 Å². The fourth-order valence-electron chi connectivity index (χ4n) is 4.04. The van der Waals surface area contributed by atoms with Gasteiger partial charge in [0.15, 0.2) is 5.69 Å². The zero-order valence-electron chi connectivity index (χ0n) is 18.7. The van der Waals surface area contributed by atoms with Crippen LogP contribution in [-0.4, -0.2) is 41.5 Å². The van der Waals surface area contributed by atoms with E-state index in [1.165, 1.54) is 21.1 Å². The van der Waals surface area contributed by atoms with Crippen molar-refractivity contribution in [3.8, 4) is 0 Å². The quantitative estimate of drug-likeness (QED) is 0.509. The van der Waals surface area contributed by atoms with Crippen molar-refractivity contribution in [2.75, 3.05) is 18.4 Å². The molecule has 0 bridgehead atoms. The van der Waals surface area contributed by atoms with Gasteiger partial charge in [-0.2, -0.15) is 9.40 Å². The Hall–Kier alpha value is -3.04. The van der Waals surface area contributed by atoms with Crippen molar-refractivity contribution >= 4 is 32.4 Å². The molecule has 1 saturated heterocycles. The fraction of sp³-hybridized carbons (Fsp3) is 0.375. The Balaban J connectivity index is 1.60. The van der Waals surface area contributed by atoms with Crippen LogP contribution in [0.15, 0.2) is 58.2 Å². The molecule has 0 aliphatic carbocycles. The van der Waals surface area contributed by atoms with Crippen molar-refractivity contribution in [3.05, 3.63) is 64.6 Å². The molecule has 0 unspecified atom stereocenters. The van der Waals surface area contributed by atoms with Gasteiger partial charge in [0.2, 0.25) is 10.0 Å². The Labute approximate surface area is 193 Å². The summed E-state index contributed by atoms with van der Waals surface area (Å²) in [5.41, 5.74) is 0.403. The van der Waals surface area contributed by atoms with Crippen molar-refractivity contribution in [1.82, 2.24) is 14.1 Å². The molecule has 3 aromatic rings. The molecule has 0 saturated carbocycles. The van der Waals surface area contributed by atoms with Gasteiger partial charge in [-0.1, -0.05) is 38.0 Å². The minimum Gasteiger partial charge on any atom is -0.321 e. The molecule has 1 N–H and O–H groups in total. The number of hydrogen-bond acceptors (Lipinski definition) is 5. The van der Waals surface area contributed by atoms with Crippen LogP contribution in [0.2, 0.25) is 0 Å². The summed E-state index contributed by atoms with van der Waals surface area (Å²) in [4.78, 5) is 26.1. The fourth-order valence-corrected chi connectivity index (χ4v) is 5.56. The number of nitrogens with one attached hydrogen (secondary N) is 1. The third-order valence-electron chi connectivity index (χ3n) is 5.87. The lowest BCUT2D eigenvalue weighted by Gasteiger charge is -2.16. The van der Waals surface area contributed by atoms with Crippen LogP contribution in [-0.2, 0) is 16.6 Å². The third kappa shape index (κ3) is 4.84. The molecule has 8 nitrogen and oxygen atoms in total. The number of fused-ring (bicyclic) bond motifs is 1. The van der Waals surface area contributed by atoms with Gasteiger partial charge >= 0.3 is 0 Å². The first-order valence-electron chi connectivity index (χ1n) is 11.3. The first-order valence-corrected chi connectivity index (χ1v) is 12.8. The van der Waals surface area contributed by atoms with Crippen LogP contribution < -0.4 is 10.9 Å². The maximum Gasteiger partial charge on any atom is 0.276 e. The molecule has 1 aliphatic rings. The minimum atomic E-state index is -3.52. The van der Waals surface area contributed by atoms with Gasteiger partial charge in [0, 0.05) is 30.7 Å². The van der Waals surface area contributed by atoms with E-state index in [4.69, 9.17) is 0 Å². The van der Waals surface area contributed by atoms with Crippen LogP contribution in [0.5, 0.6) is 0 Å². The minimum absolute atomic E-state index is 0.162. The second kappa shape index (κ2) is 9.84. The molecule has 174 valence electrons. The van der Waals surface area contributed by atoms with E-state index in [9.17, 15) is 18.0 Å². The SMILES string of the molecule is CCCCCn1nc(C(=O)Nc2ccc(S(=O)(=O)N3CCCC3)cc2)c2ccccc2c1=O. The Morgan fingerprint density at radius 2 is 1.67 bits per heavy atom. The van der Waals surface area contributed by atoms with Crippen molar-refractivity contribution in [2.24, 2.45) is 0 Å². The van der Waals surface area contributed by atoms with Crippen LogP contribution >= 0.6 is 0 Å². The Bertz CT molecular complexity index is 1310. The maximum atomic E-state index is 13.1.